The van der Waals surface area contributed by atoms with Crippen LogP contribution in [0.1, 0.15) is 34.1 Å². The first-order valence-electron chi connectivity index (χ1n) is 7.78. The number of amides is 1. The van der Waals surface area contributed by atoms with Crippen LogP contribution < -0.4 is 5.32 Å². The van der Waals surface area contributed by atoms with Crippen molar-refractivity contribution in [2.75, 3.05) is 25.5 Å². The standard InChI is InChI=1S/C18H20FN3O/c1-12-9-16(20-2)10-17(21-12)14-7-8-22(11-14)18(23)13-3-5-15(19)6-4-13/h3-6,9-10,14H,7-8,11H2,1-2H3,(H,20,21)/t14-/m1/s1. The van der Waals surface area contributed by atoms with Crippen LogP contribution in [-0.4, -0.2) is 35.9 Å². The summed E-state index contributed by atoms with van der Waals surface area (Å²) in [6.45, 7) is 3.32. The van der Waals surface area contributed by atoms with Gasteiger partial charge in [0.1, 0.15) is 5.82 Å². The Kier molecular flexibility index (Phi) is 4.28. The molecule has 3 rings (SSSR count). The first-order valence-corrected chi connectivity index (χ1v) is 7.78. The van der Waals surface area contributed by atoms with Crippen molar-refractivity contribution in [3.05, 3.63) is 59.2 Å². The number of likely N-dealkylation sites (tertiary alicyclic amines) is 1. The highest BCUT2D eigenvalue weighted by molar-refractivity contribution is 5.94. The Hall–Kier alpha value is -2.43. The van der Waals surface area contributed by atoms with Crippen LogP contribution in [0.5, 0.6) is 0 Å². The largest absolute Gasteiger partial charge is 0.388 e. The molecule has 0 saturated carbocycles. The summed E-state index contributed by atoms with van der Waals surface area (Å²) >= 11 is 0. The minimum Gasteiger partial charge on any atom is -0.388 e. The number of halogens is 1. The zero-order valence-electron chi connectivity index (χ0n) is 13.3. The third-order valence-corrected chi connectivity index (χ3v) is 4.25. The monoisotopic (exact) mass is 313 g/mol. The first kappa shape index (κ1) is 15.5. The maximum atomic E-state index is 13.0. The number of aromatic nitrogens is 1. The van der Waals surface area contributed by atoms with Crippen LogP contribution in [0.2, 0.25) is 0 Å². The van der Waals surface area contributed by atoms with Crippen LogP contribution in [0.4, 0.5) is 10.1 Å². The van der Waals surface area contributed by atoms with E-state index in [9.17, 15) is 9.18 Å². The Balaban J connectivity index is 1.74. The Labute approximate surface area is 135 Å². The molecule has 1 saturated heterocycles. The van der Waals surface area contributed by atoms with Gasteiger partial charge in [-0.15, -0.1) is 0 Å². The number of carbonyl (C=O) groups is 1. The molecule has 4 nitrogen and oxygen atoms in total. The SMILES string of the molecule is CNc1cc(C)nc([C@@H]2CCN(C(=O)c3ccc(F)cc3)C2)c1. The normalized spacial score (nSPS) is 17.3. The van der Waals surface area contributed by atoms with Gasteiger partial charge in [0.05, 0.1) is 0 Å². The molecule has 5 heteroatoms. The number of benzene rings is 1. The number of aryl methyl sites for hydroxylation is 1. The third-order valence-electron chi connectivity index (χ3n) is 4.25. The molecule has 1 fully saturated rings. The molecule has 0 radical (unpaired) electrons. The fraction of sp³-hybridized carbons (Fsp3) is 0.333. The van der Waals surface area contributed by atoms with Gasteiger partial charge in [0.15, 0.2) is 0 Å². The molecular formula is C18H20FN3O. The third kappa shape index (κ3) is 3.33. The smallest absolute Gasteiger partial charge is 0.253 e. The second-order valence-corrected chi connectivity index (χ2v) is 5.92. The number of hydrogen-bond donors (Lipinski definition) is 1. The van der Waals surface area contributed by atoms with E-state index in [1.807, 2.05) is 31.0 Å². The molecule has 0 bridgehead atoms. The quantitative estimate of drug-likeness (QED) is 0.946. The van der Waals surface area contributed by atoms with E-state index >= 15 is 0 Å². The Bertz CT molecular complexity index is 715. The van der Waals surface area contributed by atoms with Gasteiger partial charge >= 0.3 is 0 Å². The summed E-state index contributed by atoms with van der Waals surface area (Å²) in [6, 6.07) is 9.76. The number of anilines is 1. The van der Waals surface area contributed by atoms with Crippen LogP contribution in [0.3, 0.4) is 0 Å². The minimum absolute atomic E-state index is 0.0472. The molecule has 0 spiro atoms. The highest BCUT2D eigenvalue weighted by Crippen LogP contribution is 2.28. The van der Waals surface area contributed by atoms with E-state index in [1.165, 1.54) is 24.3 Å². The summed E-state index contributed by atoms with van der Waals surface area (Å²) in [4.78, 5) is 18.9. The van der Waals surface area contributed by atoms with Gasteiger partial charge in [-0.25, -0.2) is 4.39 Å². The van der Waals surface area contributed by atoms with Crippen molar-refractivity contribution in [2.24, 2.45) is 0 Å². The first-order chi connectivity index (χ1) is 11.1. The predicted molar refractivity (Wildman–Crippen MR) is 88.2 cm³/mol. The number of carbonyl (C=O) groups excluding carboxylic acids is 1. The van der Waals surface area contributed by atoms with Gasteiger partial charge in [-0.1, -0.05) is 0 Å². The van der Waals surface area contributed by atoms with Crippen molar-refractivity contribution >= 4 is 11.6 Å². The predicted octanol–water partition coefficient (Wildman–Crippen LogP) is 3.20. The minimum atomic E-state index is -0.329. The second-order valence-electron chi connectivity index (χ2n) is 5.92. The summed E-state index contributed by atoms with van der Waals surface area (Å²) in [7, 11) is 1.89. The molecule has 1 atom stereocenters. The van der Waals surface area contributed by atoms with Gasteiger partial charge in [-0.2, -0.15) is 0 Å². The van der Waals surface area contributed by atoms with Gasteiger partial charge < -0.3 is 10.2 Å². The molecule has 120 valence electrons. The maximum Gasteiger partial charge on any atom is 0.253 e. The van der Waals surface area contributed by atoms with Crippen LogP contribution in [-0.2, 0) is 0 Å². The average molecular weight is 313 g/mol. The molecule has 1 N–H and O–H groups in total. The highest BCUT2D eigenvalue weighted by atomic mass is 19.1. The number of nitrogens with one attached hydrogen (secondary N) is 1. The van der Waals surface area contributed by atoms with Crippen molar-refractivity contribution in [1.82, 2.24) is 9.88 Å². The lowest BCUT2D eigenvalue weighted by molar-refractivity contribution is 0.0790. The molecule has 2 aromatic rings. The van der Waals surface area contributed by atoms with Crippen LogP contribution in [0, 0.1) is 12.7 Å². The van der Waals surface area contributed by atoms with Crippen molar-refractivity contribution in [1.29, 1.82) is 0 Å². The molecule has 23 heavy (non-hydrogen) atoms. The Morgan fingerprint density at radius 2 is 2.04 bits per heavy atom. The summed E-state index contributed by atoms with van der Waals surface area (Å²) in [5, 5.41) is 3.14. The second kappa shape index (κ2) is 6.36. The zero-order valence-corrected chi connectivity index (χ0v) is 13.3. The average Bonchev–Trinajstić information content (AvgIpc) is 3.04. The van der Waals surface area contributed by atoms with Crippen molar-refractivity contribution in [2.45, 2.75) is 19.3 Å². The zero-order chi connectivity index (χ0) is 16.4. The molecular weight excluding hydrogens is 293 g/mol. The number of rotatable bonds is 3. The van der Waals surface area contributed by atoms with Crippen LogP contribution in [0.25, 0.3) is 0 Å². The Morgan fingerprint density at radius 3 is 2.74 bits per heavy atom. The van der Waals surface area contributed by atoms with Gasteiger partial charge in [0.2, 0.25) is 0 Å². The summed E-state index contributed by atoms with van der Waals surface area (Å²) < 4.78 is 13.0. The van der Waals surface area contributed by atoms with E-state index < -0.39 is 0 Å². The number of hydrogen-bond acceptors (Lipinski definition) is 3. The van der Waals surface area contributed by atoms with Crippen LogP contribution in [0.15, 0.2) is 36.4 Å². The molecule has 1 aromatic heterocycles. The number of nitrogens with zero attached hydrogens (tertiary/aromatic N) is 2. The van der Waals surface area contributed by atoms with Gasteiger partial charge in [-0.05, 0) is 49.7 Å². The molecule has 0 aliphatic carbocycles. The fourth-order valence-electron chi connectivity index (χ4n) is 3.01. The van der Waals surface area contributed by atoms with E-state index in [0.717, 1.165) is 23.5 Å². The van der Waals surface area contributed by atoms with Gasteiger partial charge in [0, 0.05) is 48.7 Å². The molecule has 1 aromatic carbocycles. The molecule has 1 aliphatic rings. The van der Waals surface area contributed by atoms with E-state index in [1.54, 1.807) is 0 Å². The van der Waals surface area contributed by atoms with Crippen LogP contribution >= 0.6 is 0 Å². The van der Waals surface area contributed by atoms with Gasteiger partial charge in [0.25, 0.3) is 5.91 Å². The van der Waals surface area contributed by atoms with E-state index in [-0.39, 0.29) is 17.6 Å². The van der Waals surface area contributed by atoms with E-state index in [2.05, 4.69) is 10.3 Å². The summed E-state index contributed by atoms with van der Waals surface area (Å²) in [6.07, 6.45) is 0.895. The fourth-order valence-corrected chi connectivity index (χ4v) is 3.01. The van der Waals surface area contributed by atoms with Crippen molar-refractivity contribution in [3.8, 4) is 0 Å². The van der Waals surface area contributed by atoms with Gasteiger partial charge in [-0.3, -0.25) is 9.78 Å². The molecule has 2 heterocycles. The molecule has 1 amide bonds. The topological polar surface area (TPSA) is 45.2 Å². The maximum absolute atomic E-state index is 13.0. The lowest BCUT2D eigenvalue weighted by Crippen LogP contribution is -2.28. The number of pyridine rings is 1. The summed E-state index contributed by atoms with van der Waals surface area (Å²) in [5.74, 6) is -0.134. The Morgan fingerprint density at radius 1 is 1.30 bits per heavy atom. The lowest BCUT2D eigenvalue weighted by Gasteiger charge is -2.17. The van der Waals surface area contributed by atoms with Crippen molar-refractivity contribution < 1.29 is 9.18 Å². The highest BCUT2D eigenvalue weighted by Gasteiger charge is 2.29. The van der Waals surface area contributed by atoms with E-state index in [0.29, 0.717) is 18.7 Å². The van der Waals surface area contributed by atoms with E-state index in [4.69, 9.17) is 0 Å². The molecule has 0 unspecified atom stereocenters. The van der Waals surface area contributed by atoms with Crippen molar-refractivity contribution in [3.63, 3.8) is 0 Å². The summed E-state index contributed by atoms with van der Waals surface area (Å²) in [5.41, 5.74) is 3.55. The lowest BCUT2D eigenvalue weighted by atomic mass is 10.0. The molecule has 1 aliphatic heterocycles.